The molecule has 0 bridgehead atoms. The van der Waals surface area contributed by atoms with E-state index in [1.807, 2.05) is 36.4 Å². The molecule has 0 spiro atoms. The summed E-state index contributed by atoms with van der Waals surface area (Å²) in [6.07, 6.45) is 1.44. The van der Waals surface area contributed by atoms with Crippen molar-refractivity contribution in [3.8, 4) is 0 Å². The monoisotopic (exact) mass is 522 g/mol. The van der Waals surface area contributed by atoms with Crippen LogP contribution in [0.5, 0.6) is 0 Å². The van der Waals surface area contributed by atoms with Gasteiger partial charge in [-0.25, -0.2) is 0 Å². The lowest BCUT2D eigenvalue weighted by Gasteiger charge is -2.47. The molecule has 2 aromatic carbocycles. The van der Waals surface area contributed by atoms with Crippen LogP contribution < -0.4 is 0 Å². The van der Waals surface area contributed by atoms with Crippen LogP contribution in [0.4, 0.5) is 26.3 Å². The summed E-state index contributed by atoms with van der Waals surface area (Å²) in [7, 11) is 0. The molecule has 0 aromatic heterocycles. The molecule has 35 heavy (non-hydrogen) atoms. The molecule has 1 saturated carbocycles. The molecule has 0 nitrogen and oxygen atoms in total. The summed E-state index contributed by atoms with van der Waals surface area (Å²) in [6.45, 7) is 3.48. The normalized spacial score (nSPS) is 33.9. The Morgan fingerprint density at radius 1 is 0.743 bits per heavy atom. The molecule has 2 heterocycles. The van der Waals surface area contributed by atoms with E-state index < -0.39 is 38.4 Å². The van der Waals surface area contributed by atoms with Crippen molar-refractivity contribution in [1.82, 2.24) is 0 Å². The van der Waals surface area contributed by atoms with Crippen LogP contribution in [0.25, 0.3) is 4.91 Å². The van der Waals surface area contributed by atoms with Crippen LogP contribution in [0.1, 0.15) is 36.6 Å². The average Bonchev–Trinajstić information content (AvgIpc) is 3.40. The van der Waals surface area contributed by atoms with Crippen molar-refractivity contribution in [3.63, 3.8) is 0 Å². The number of rotatable bonds is 2. The van der Waals surface area contributed by atoms with Crippen molar-refractivity contribution >= 4 is 28.4 Å². The fourth-order valence-corrected chi connectivity index (χ4v) is 9.33. The van der Waals surface area contributed by atoms with Crippen LogP contribution in [-0.2, 0) is 0 Å². The van der Waals surface area contributed by atoms with Crippen LogP contribution >= 0.6 is 23.5 Å². The number of benzene rings is 2. The molecule has 1 saturated heterocycles. The highest BCUT2D eigenvalue weighted by Gasteiger charge is 2.84. The number of fused-ring (bicyclic) bond motifs is 4. The lowest BCUT2D eigenvalue weighted by Crippen LogP contribution is -2.48. The van der Waals surface area contributed by atoms with Crippen LogP contribution in [0.3, 0.4) is 0 Å². The zero-order chi connectivity index (χ0) is 25.0. The first kappa shape index (κ1) is 23.3. The molecule has 3 atom stereocenters. The predicted molar refractivity (Wildman–Crippen MR) is 129 cm³/mol. The molecule has 2 aliphatic heterocycles. The number of alkyl halides is 6. The molecule has 2 fully saturated rings. The molecule has 0 radical (unpaired) electrons. The van der Waals surface area contributed by atoms with Gasteiger partial charge < -0.3 is 0 Å². The maximum Gasteiger partial charge on any atom is 0.380 e. The zero-order valence-electron chi connectivity index (χ0n) is 18.7. The smallest absolute Gasteiger partial charge is 0.194 e. The van der Waals surface area contributed by atoms with Gasteiger partial charge in [0.05, 0.1) is 9.49 Å². The van der Waals surface area contributed by atoms with Gasteiger partial charge in [-0.05, 0) is 48.6 Å². The fraction of sp³-hybridized carbons (Fsp3) is 0.333. The summed E-state index contributed by atoms with van der Waals surface area (Å²) in [6, 6.07) is 18.2. The molecule has 0 amide bonds. The Morgan fingerprint density at radius 3 is 1.94 bits per heavy atom. The molecular weight excluding hydrogens is 502 g/mol. The molecule has 2 aromatic rings. The zero-order valence-corrected chi connectivity index (χ0v) is 20.4. The van der Waals surface area contributed by atoms with Crippen LogP contribution in [-0.4, -0.2) is 27.3 Å². The molecular formula is C27H20F6S2. The Morgan fingerprint density at radius 2 is 1.31 bits per heavy atom. The van der Waals surface area contributed by atoms with Gasteiger partial charge in [0.1, 0.15) is 0 Å². The quantitative estimate of drug-likeness (QED) is 0.362. The van der Waals surface area contributed by atoms with Crippen molar-refractivity contribution < 1.29 is 26.3 Å². The molecule has 0 N–H and O–H groups in total. The predicted octanol–water partition coefficient (Wildman–Crippen LogP) is 8.70. The second-order valence-corrected chi connectivity index (χ2v) is 12.7. The van der Waals surface area contributed by atoms with Crippen molar-refractivity contribution in [2.45, 2.75) is 52.8 Å². The fourth-order valence-electron chi connectivity index (χ4n) is 5.82. The summed E-state index contributed by atoms with van der Waals surface area (Å²) in [5.41, 5.74) is -0.863. The van der Waals surface area contributed by atoms with E-state index in [0.29, 0.717) is 4.91 Å². The Hall–Kier alpha value is -2.06. The van der Waals surface area contributed by atoms with Gasteiger partial charge in [-0.2, -0.15) is 26.3 Å². The van der Waals surface area contributed by atoms with Crippen molar-refractivity contribution in [3.05, 3.63) is 100 Å². The number of thioether (sulfide) groups is 2. The molecule has 182 valence electrons. The SMILES string of the molecule is CC12SC(c3ccccc3)=CC1=C1C(=C3CC(c4ccccc4)SC32C)C(F)(F)C(F)(F)C1(F)F. The van der Waals surface area contributed by atoms with Gasteiger partial charge in [-0.1, -0.05) is 60.7 Å². The van der Waals surface area contributed by atoms with E-state index in [4.69, 9.17) is 0 Å². The highest BCUT2D eigenvalue weighted by molar-refractivity contribution is 8.11. The first-order chi connectivity index (χ1) is 16.4. The minimum absolute atomic E-state index is 0.00895. The highest BCUT2D eigenvalue weighted by Crippen LogP contribution is 2.76. The molecule has 3 unspecified atom stereocenters. The maximum absolute atomic E-state index is 15.3. The molecule has 4 aliphatic rings. The second kappa shape index (κ2) is 7.03. The van der Waals surface area contributed by atoms with E-state index in [0.717, 1.165) is 11.1 Å². The van der Waals surface area contributed by atoms with E-state index in [1.54, 1.807) is 38.1 Å². The van der Waals surface area contributed by atoms with Gasteiger partial charge in [0.25, 0.3) is 0 Å². The van der Waals surface area contributed by atoms with E-state index in [2.05, 4.69) is 0 Å². The third-order valence-corrected chi connectivity index (χ3v) is 11.4. The minimum Gasteiger partial charge on any atom is -0.194 e. The van der Waals surface area contributed by atoms with Gasteiger partial charge in [0, 0.05) is 21.3 Å². The van der Waals surface area contributed by atoms with Gasteiger partial charge in [-0.15, -0.1) is 23.5 Å². The largest absolute Gasteiger partial charge is 0.380 e. The van der Waals surface area contributed by atoms with Crippen molar-refractivity contribution in [2.75, 3.05) is 0 Å². The Balaban J connectivity index is 1.64. The maximum atomic E-state index is 15.3. The summed E-state index contributed by atoms with van der Waals surface area (Å²) >= 11 is 2.70. The Labute approximate surface area is 207 Å². The summed E-state index contributed by atoms with van der Waals surface area (Å²) in [5, 5.41) is -0.318. The standard InChI is InChI=1S/C27H20F6S2/c1-23-17(13-19(34-23)15-9-5-3-6-10-15)21-22(26(30,31)27(32,33)25(21,28)29)18-14-20(35-24(18,23)2)16-11-7-4-8-12-16/h3-13,20H,14H2,1-2H3. The topological polar surface area (TPSA) is 0 Å². The summed E-state index contributed by atoms with van der Waals surface area (Å²) in [4.78, 5) is 0.607. The molecule has 6 rings (SSSR count). The van der Waals surface area contributed by atoms with Crippen LogP contribution in [0.2, 0.25) is 0 Å². The van der Waals surface area contributed by atoms with Crippen LogP contribution in [0.15, 0.2) is 89.0 Å². The van der Waals surface area contributed by atoms with E-state index in [1.165, 1.54) is 29.6 Å². The van der Waals surface area contributed by atoms with Gasteiger partial charge >= 0.3 is 17.8 Å². The van der Waals surface area contributed by atoms with Gasteiger partial charge in [0.2, 0.25) is 0 Å². The van der Waals surface area contributed by atoms with Gasteiger partial charge in [0.15, 0.2) is 0 Å². The lowest BCUT2D eigenvalue weighted by molar-refractivity contribution is -0.258. The summed E-state index contributed by atoms with van der Waals surface area (Å²) in [5.74, 6) is -15.5. The number of hydrogen-bond acceptors (Lipinski definition) is 2. The molecule has 2 aliphatic carbocycles. The average molecular weight is 523 g/mol. The third kappa shape index (κ3) is 2.70. The lowest BCUT2D eigenvalue weighted by atomic mass is 9.70. The second-order valence-electron chi connectivity index (χ2n) is 9.63. The number of halogens is 6. The van der Waals surface area contributed by atoms with E-state index >= 15 is 17.6 Å². The number of allylic oxidation sites excluding steroid dienone is 3. The summed E-state index contributed by atoms with van der Waals surface area (Å²) < 4.78 is 88.7. The van der Waals surface area contributed by atoms with Crippen molar-refractivity contribution in [1.29, 1.82) is 0 Å². The van der Waals surface area contributed by atoms with E-state index in [9.17, 15) is 8.78 Å². The highest BCUT2D eigenvalue weighted by atomic mass is 32.2. The Bertz CT molecular complexity index is 1330. The van der Waals surface area contributed by atoms with E-state index in [-0.39, 0.29) is 22.8 Å². The Kier molecular flexibility index (Phi) is 4.69. The van der Waals surface area contributed by atoms with Crippen LogP contribution in [0, 0.1) is 0 Å². The van der Waals surface area contributed by atoms with Crippen molar-refractivity contribution in [2.24, 2.45) is 0 Å². The first-order valence-electron chi connectivity index (χ1n) is 11.2. The minimum atomic E-state index is -5.51. The van der Waals surface area contributed by atoms with Gasteiger partial charge in [-0.3, -0.25) is 0 Å². The first-order valence-corrected chi connectivity index (χ1v) is 12.9. The molecule has 8 heteroatoms. The number of hydrogen-bond donors (Lipinski definition) is 0. The third-order valence-electron chi connectivity index (χ3n) is 7.82.